The van der Waals surface area contributed by atoms with Crippen molar-refractivity contribution in [2.75, 3.05) is 39.6 Å². The third-order valence-corrected chi connectivity index (χ3v) is 20.1. The highest BCUT2D eigenvalue weighted by Crippen LogP contribution is 2.45. The van der Waals surface area contributed by atoms with E-state index in [0.717, 1.165) is 114 Å². The quantitative estimate of drug-likeness (QED) is 0.0222. The molecule has 0 aliphatic rings. The van der Waals surface area contributed by atoms with E-state index in [1.807, 2.05) is 0 Å². The lowest BCUT2D eigenvalue weighted by Gasteiger charge is -2.21. The van der Waals surface area contributed by atoms with E-state index in [2.05, 4.69) is 48.5 Å². The molecule has 0 bridgehead atoms. The summed E-state index contributed by atoms with van der Waals surface area (Å²) in [7, 11) is -9.91. The second kappa shape index (κ2) is 64.7. The van der Waals surface area contributed by atoms with Crippen molar-refractivity contribution in [1.82, 2.24) is 0 Å². The number of phosphoric acid groups is 2. The third-order valence-electron chi connectivity index (χ3n) is 18.2. The van der Waals surface area contributed by atoms with Gasteiger partial charge in [0.15, 0.2) is 12.2 Å². The van der Waals surface area contributed by atoms with Crippen molar-refractivity contribution in [3.8, 4) is 0 Å². The molecule has 0 saturated heterocycles. The molecule has 0 aromatic rings. The topological polar surface area (TPSA) is 237 Å². The maximum atomic E-state index is 13.1. The van der Waals surface area contributed by atoms with E-state index in [9.17, 15) is 43.2 Å². The van der Waals surface area contributed by atoms with Crippen molar-refractivity contribution in [3.05, 3.63) is 0 Å². The van der Waals surface area contributed by atoms with Gasteiger partial charge in [-0.1, -0.05) is 325 Å². The Morgan fingerprint density at radius 1 is 0.301 bits per heavy atom. The average molecular weight is 1370 g/mol. The molecule has 0 radical (unpaired) electrons. The standard InChI is InChI=1S/C74H144O17P2/c1-8-12-13-14-15-16-21-29-34-43-50-57-73(78)91-70(62-85-72(77)56-49-42-37-36-40-47-54-67(7)11-4)64-89-93(82,83)87-60-68(75)59-86-92(80,81)88-63-69(61-84-71(76)55-48-41-33-28-25-24-27-32-39-46-53-66(6)10-3)90-74(79)58-51-44-35-30-23-20-18-17-19-22-26-31-38-45-52-65(5)9-2/h65-70,75H,8-64H2,1-7H3,(H,80,81)(H,82,83)/t65?,66?,67?,68-,69-,70-/m1/s1. The monoisotopic (exact) mass is 1370 g/mol. The van der Waals surface area contributed by atoms with Gasteiger partial charge in [-0.3, -0.25) is 37.3 Å². The van der Waals surface area contributed by atoms with Gasteiger partial charge < -0.3 is 33.8 Å². The Balaban J connectivity index is 5.25. The number of carbonyl (C=O) groups is 4. The number of phosphoric ester groups is 2. The SMILES string of the molecule is CCCCCCCCCCCCCC(=O)O[C@H](COC(=O)CCCCCCCCC(C)CC)COP(=O)(O)OC[C@H](O)COP(=O)(O)OC[C@@H](COC(=O)CCCCCCCCCCCCC(C)CC)OC(=O)CCCCCCCCCCCCCCCCC(C)CC. The van der Waals surface area contributed by atoms with Crippen molar-refractivity contribution in [2.45, 2.75) is 394 Å². The Morgan fingerprint density at radius 3 is 0.763 bits per heavy atom. The van der Waals surface area contributed by atoms with Gasteiger partial charge in [0, 0.05) is 25.7 Å². The minimum absolute atomic E-state index is 0.106. The molecule has 552 valence electrons. The lowest BCUT2D eigenvalue weighted by Crippen LogP contribution is -2.30. The normalized spacial score (nSPS) is 15.0. The largest absolute Gasteiger partial charge is 0.472 e. The highest BCUT2D eigenvalue weighted by molar-refractivity contribution is 7.47. The first-order chi connectivity index (χ1) is 44.8. The number of hydrogen-bond donors (Lipinski definition) is 3. The van der Waals surface area contributed by atoms with Gasteiger partial charge >= 0.3 is 39.5 Å². The Labute approximate surface area is 568 Å². The zero-order chi connectivity index (χ0) is 68.7. The minimum Gasteiger partial charge on any atom is -0.462 e. The molecule has 3 N–H and O–H groups in total. The zero-order valence-corrected chi connectivity index (χ0v) is 62.5. The highest BCUT2D eigenvalue weighted by Gasteiger charge is 2.30. The molecule has 0 aliphatic heterocycles. The number of unbranched alkanes of at least 4 members (excludes halogenated alkanes) is 37. The molecule has 0 fully saturated rings. The van der Waals surface area contributed by atoms with Crippen molar-refractivity contribution in [2.24, 2.45) is 17.8 Å². The maximum Gasteiger partial charge on any atom is 0.472 e. The summed E-state index contributed by atoms with van der Waals surface area (Å²) in [6.45, 7) is 11.9. The molecule has 8 atom stereocenters. The molecule has 0 spiro atoms. The number of aliphatic hydroxyl groups is 1. The number of aliphatic hydroxyl groups excluding tert-OH is 1. The molecule has 0 amide bonds. The van der Waals surface area contributed by atoms with Crippen LogP contribution in [0.1, 0.15) is 376 Å². The van der Waals surface area contributed by atoms with Gasteiger partial charge in [-0.05, 0) is 43.4 Å². The van der Waals surface area contributed by atoms with Gasteiger partial charge in [-0.15, -0.1) is 0 Å². The summed E-state index contributed by atoms with van der Waals surface area (Å²) in [5.74, 6) is 0.266. The summed E-state index contributed by atoms with van der Waals surface area (Å²) < 4.78 is 68.4. The van der Waals surface area contributed by atoms with Crippen LogP contribution in [0.4, 0.5) is 0 Å². The van der Waals surface area contributed by atoms with E-state index in [-0.39, 0.29) is 25.7 Å². The predicted molar refractivity (Wildman–Crippen MR) is 377 cm³/mol. The Morgan fingerprint density at radius 2 is 0.516 bits per heavy atom. The van der Waals surface area contributed by atoms with Gasteiger partial charge in [0.1, 0.15) is 19.3 Å². The van der Waals surface area contributed by atoms with Crippen LogP contribution < -0.4 is 0 Å². The molecular formula is C74H144O17P2. The zero-order valence-electron chi connectivity index (χ0n) is 60.7. The van der Waals surface area contributed by atoms with Crippen LogP contribution in [0, 0.1) is 17.8 Å². The number of esters is 4. The molecule has 93 heavy (non-hydrogen) atoms. The molecule has 0 aromatic carbocycles. The molecule has 0 heterocycles. The Kier molecular flexibility index (Phi) is 63.4. The van der Waals surface area contributed by atoms with Crippen LogP contribution in [0.2, 0.25) is 0 Å². The van der Waals surface area contributed by atoms with Crippen LogP contribution in [0.25, 0.3) is 0 Å². The van der Waals surface area contributed by atoms with Gasteiger partial charge in [-0.2, -0.15) is 0 Å². The summed E-state index contributed by atoms with van der Waals surface area (Å²) in [4.78, 5) is 72.7. The second-order valence-electron chi connectivity index (χ2n) is 27.4. The van der Waals surface area contributed by atoms with E-state index in [0.29, 0.717) is 25.7 Å². The Bertz CT molecular complexity index is 1820. The molecule has 0 rings (SSSR count). The fraction of sp³-hybridized carbons (Fsp3) is 0.946. The van der Waals surface area contributed by atoms with E-state index in [1.54, 1.807) is 0 Å². The molecule has 0 saturated carbocycles. The lowest BCUT2D eigenvalue weighted by molar-refractivity contribution is -0.161. The van der Waals surface area contributed by atoms with Gasteiger partial charge in [0.05, 0.1) is 26.4 Å². The minimum atomic E-state index is -4.96. The van der Waals surface area contributed by atoms with Crippen molar-refractivity contribution in [1.29, 1.82) is 0 Å². The third kappa shape index (κ3) is 64.5. The summed E-state index contributed by atoms with van der Waals surface area (Å²) >= 11 is 0. The van der Waals surface area contributed by atoms with E-state index in [4.69, 9.17) is 37.0 Å². The predicted octanol–water partition coefficient (Wildman–Crippen LogP) is 21.4. The van der Waals surface area contributed by atoms with E-state index in [1.165, 1.54) is 180 Å². The Hall–Kier alpha value is -1.94. The number of hydrogen-bond acceptors (Lipinski definition) is 15. The van der Waals surface area contributed by atoms with Crippen LogP contribution in [-0.4, -0.2) is 96.7 Å². The number of rotatable bonds is 72. The number of ether oxygens (including phenoxy) is 4. The number of carbonyl (C=O) groups excluding carboxylic acids is 4. The van der Waals surface area contributed by atoms with Gasteiger partial charge in [-0.25, -0.2) is 9.13 Å². The van der Waals surface area contributed by atoms with Gasteiger partial charge in [0.25, 0.3) is 0 Å². The van der Waals surface area contributed by atoms with Crippen LogP contribution in [-0.2, 0) is 65.4 Å². The fourth-order valence-electron chi connectivity index (χ4n) is 11.2. The second-order valence-corrected chi connectivity index (χ2v) is 30.3. The van der Waals surface area contributed by atoms with Crippen LogP contribution >= 0.6 is 15.6 Å². The molecule has 17 nitrogen and oxygen atoms in total. The summed E-state index contributed by atoms with van der Waals surface area (Å²) in [5.41, 5.74) is 0. The van der Waals surface area contributed by atoms with Crippen molar-refractivity contribution in [3.63, 3.8) is 0 Å². The average Bonchev–Trinajstić information content (AvgIpc) is 1.87. The lowest BCUT2D eigenvalue weighted by atomic mass is 9.99. The maximum absolute atomic E-state index is 13.1. The van der Waals surface area contributed by atoms with Crippen LogP contribution in [0.15, 0.2) is 0 Å². The first-order valence-corrected chi connectivity index (χ1v) is 41.5. The van der Waals surface area contributed by atoms with Crippen molar-refractivity contribution < 1.29 is 80.2 Å². The summed E-state index contributed by atoms with van der Waals surface area (Å²) in [6.07, 6.45) is 49.8. The van der Waals surface area contributed by atoms with E-state index < -0.39 is 97.5 Å². The van der Waals surface area contributed by atoms with Crippen LogP contribution in [0.5, 0.6) is 0 Å². The highest BCUT2D eigenvalue weighted by atomic mass is 31.2. The van der Waals surface area contributed by atoms with Crippen LogP contribution in [0.3, 0.4) is 0 Å². The van der Waals surface area contributed by atoms with E-state index >= 15 is 0 Å². The first kappa shape index (κ1) is 91.1. The molecule has 19 heteroatoms. The smallest absolute Gasteiger partial charge is 0.462 e. The summed E-state index contributed by atoms with van der Waals surface area (Å²) in [6, 6.07) is 0. The first-order valence-electron chi connectivity index (χ1n) is 38.5. The van der Waals surface area contributed by atoms with Crippen molar-refractivity contribution >= 4 is 39.5 Å². The fourth-order valence-corrected chi connectivity index (χ4v) is 12.7. The van der Waals surface area contributed by atoms with Gasteiger partial charge in [0.2, 0.25) is 0 Å². The summed E-state index contributed by atoms with van der Waals surface area (Å²) in [5, 5.41) is 10.6. The molecule has 0 aliphatic carbocycles. The molecule has 0 aromatic heterocycles. The molecular weight excluding hydrogens is 1220 g/mol. The molecule has 5 unspecified atom stereocenters.